The van der Waals surface area contributed by atoms with Crippen LogP contribution < -0.4 is 0 Å². The monoisotopic (exact) mass is 288 g/mol. The van der Waals surface area contributed by atoms with Crippen LogP contribution in [0.5, 0.6) is 0 Å². The van der Waals surface area contributed by atoms with Crippen LogP contribution in [0.4, 0.5) is 0 Å². The van der Waals surface area contributed by atoms with Crippen molar-refractivity contribution in [3.8, 4) is 11.4 Å². The zero-order chi connectivity index (χ0) is 14.7. The Bertz CT molecular complexity index is 585. The molecule has 1 aromatic carbocycles. The Morgan fingerprint density at radius 1 is 1.24 bits per heavy atom. The molecule has 112 valence electrons. The Balaban J connectivity index is 1.73. The van der Waals surface area contributed by atoms with Gasteiger partial charge < -0.3 is 14.4 Å². The molecule has 0 aliphatic carbocycles. The fourth-order valence-corrected chi connectivity index (χ4v) is 2.71. The summed E-state index contributed by atoms with van der Waals surface area (Å²) in [5, 5.41) is 18.4. The SMILES string of the molecule is COC[C@@H](O)CN1CCn2c(nnc2-c2ccccc2)C1. The standard InChI is InChI=1S/C15H20N4O2/c1-21-11-13(20)9-18-7-8-19-14(10-18)16-17-15(19)12-5-3-2-4-6-12/h2-6,13,20H,7-11H2,1H3/t13-/m0/s1. The number of β-amino-alcohol motifs (C(OH)–C–C–N with tert-alkyl or cyclic N) is 1. The van der Waals surface area contributed by atoms with Crippen molar-refractivity contribution in [2.24, 2.45) is 0 Å². The van der Waals surface area contributed by atoms with Crippen molar-refractivity contribution in [3.63, 3.8) is 0 Å². The number of aliphatic hydroxyl groups is 1. The van der Waals surface area contributed by atoms with Gasteiger partial charge in [-0.25, -0.2) is 0 Å². The Morgan fingerprint density at radius 3 is 2.81 bits per heavy atom. The minimum absolute atomic E-state index is 0.360. The lowest BCUT2D eigenvalue weighted by Crippen LogP contribution is -2.40. The number of fused-ring (bicyclic) bond motifs is 1. The predicted octanol–water partition coefficient (Wildman–Crippen LogP) is 0.768. The van der Waals surface area contributed by atoms with Crippen molar-refractivity contribution in [3.05, 3.63) is 36.2 Å². The maximum atomic E-state index is 9.82. The molecule has 3 rings (SSSR count). The van der Waals surface area contributed by atoms with E-state index in [1.54, 1.807) is 7.11 Å². The Labute approximate surface area is 124 Å². The van der Waals surface area contributed by atoms with Gasteiger partial charge in [-0.3, -0.25) is 4.90 Å². The van der Waals surface area contributed by atoms with E-state index >= 15 is 0 Å². The highest BCUT2D eigenvalue weighted by Crippen LogP contribution is 2.21. The van der Waals surface area contributed by atoms with Gasteiger partial charge >= 0.3 is 0 Å². The number of benzene rings is 1. The van der Waals surface area contributed by atoms with E-state index in [-0.39, 0.29) is 0 Å². The molecule has 0 unspecified atom stereocenters. The summed E-state index contributed by atoms with van der Waals surface area (Å²) in [7, 11) is 1.60. The maximum Gasteiger partial charge on any atom is 0.164 e. The second-order valence-corrected chi connectivity index (χ2v) is 5.30. The smallest absolute Gasteiger partial charge is 0.164 e. The van der Waals surface area contributed by atoms with Gasteiger partial charge in [-0.15, -0.1) is 10.2 Å². The second kappa shape index (κ2) is 6.34. The van der Waals surface area contributed by atoms with Crippen LogP contribution in [0.3, 0.4) is 0 Å². The topological polar surface area (TPSA) is 63.4 Å². The van der Waals surface area contributed by atoms with Crippen LogP contribution in [-0.4, -0.2) is 57.7 Å². The molecule has 6 nitrogen and oxygen atoms in total. The molecule has 0 amide bonds. The van der Waals surface area contributed by atoms with Gasteiger partial charge in [0.15, 0.2) is 5.82 Å². The van der Waals surface area contributed by atoms with Crippen LogP contribution in [0.2, 0.25) is 0 Å². The predicted molar refractivity (Wildman–Crippen MR) is 78.6 cm³/mol. The van der Waals surface area contributed by atoms with Gasteiger partial charge in [-0.2, -0.15) is 0 Å². The molecule has 1 aromatic heterocycles. The fraction of sp³-hybridized carbons (Fsp3) is 0.467. The molecule has 2 aromatic rings. The quantitative estimate of drug-likeness (QED) is 0.880. The summed E-state index contributed by atoms with van der Waals surface area (Å²) < 4.78 is 7.13. The van der Waals surface area contributed by atoms with E-state index in [0.29, 0.717) is 19.7 Å². The van der Waals surface area contributed by atoms with Crippen LogP contribution >= 0.6 is 0 Å². The lowest BCUT2D eigenvalue weighted by Gasteiger charge is -2.29. The minimum Gasteiger partial charge on any atom is -0.389 e. The molecule has 0 bridgehead atoms. The van der Waals surface area contributed by atoms with Crippen molar-refractivity contribution >= 4 is 0 Å². The summed E-state index contributed by atoms with van der Waals surface area (Å²) in [6.45, 7) is 3.39. The molecular weight excluding hydrogens is 268 g/mol. The van der Waals surface area contributed by atoms with E-state index in [4.69, 9.17) is 4.74 Å². The highest BCUT2D eigenvalue weighted by Gasteiger charge is 2.23. The third-order valence-electron chi connectivity index (χ3n) is 3.69. The summed E-state index contributed by atoms with van der Waals surface area (Å²) in [6, 6.07) is 10.1. The number of ether oxygens (including phenoxy) is 1. The van der Waals surface area contributed by atoms with E-state index < -0.39 is 6.10 Å². The van der Waals surface area contributed by atoms with E-state index in [1.165, 1.54) is 0 Å². The largest absolute Gasteiger partial charge is 0.389 e. The van der Waals surface area contributed by atoms with Gasteiger partial charge in [-0.05, 0) is 0 Å². The highest BCUT2D eigenvalue weighted by atomic mass is 16.5. The minimum atomic E-state index is -0.460. The summed E-state index contributed by atoms with van der Waals surface area (Å²) in [5.74, 6) is 1.87. The van der Waals surface area contributed by atoms with Crippen molar-refractivity contribution in [2.45, 2.75) is 19.2 Å². The van der Waals surface area contributed by atoms with Gasteiger partial charge in [0, 0.05) is 32.3 Å². The molecule has 0 spiro atoms. The van der Waals surface area contributed by atoms with Gasteiger partial charge in [0.05, 0.1) is 19.3 Å². The van der Waals surface area contributed by atoms with Crippen LogP contribution in [0.15, 0.2) is 30.3 Å². The molecule has 0 saturated carbocycles. The average molecular weight is 288 g/mol. The zero-order valence-corrected chi connectivity index (χ0v) is 12.1. The maximum absolute atomic E-state index is 9.82. The fourth-order valence-electron chi connectivity index (χ4n) is 2.71. The number of rotatable bonds is 5. The van der Waals surface area contributed by atoms with Crippen LogP contribution in [0, 0.1) is 0 Å². The molecule has 21 heavy (non-hydrogen) atoms. The molecule has 0 fully saturated rings. The number of aromatic nitrogens is 3. The summed E-state index contributed by atoms with van der Waals surface area (Å²) in [5.41, 5.74) is 1.09. The lowest BCUT2D eigenvalue weighted by molar-refractivity contribution is 0.0311. The molecule has 6 heteroatoms. The Hall–Kier alpha value is -1.76. The van der Waals surface area contributed by atoms with Crippen LogP contribution in [-0.2, 0) is 17.8 Å². The second-order valence-electron chi connectivity index (χ2n) is 5.30. The third kappa shape index (κ3) is 3.12. The van der Waals surface area contributed by atoms with Crippen molar-refractivity contribution in [1.82, 2.24) is 19.7 Å². The first-order valence-electron chi connectivity index (χ1n) is 7.15. The number of hydrogen-bond donors (Lipinski definition) is 1. The van der Waals surface area contributed by atoms with E-state index in [2.05, 4.69) is 19.7 Å². The summed E-state index contributed by atoms with van der Waals surface area (Å²) in [6.07, 6.45) is -0.460. The van der Waals surface area contributed by atoms with Crippen LogP contribution in [0.25, 0.3) is 11.4 Å². The molecule has 0 radical (unpaired) electrons. The van der Waals surface area contributed by atoms with Gasteiger partial charge in [-0.1, -0.05) is 30.3 Å². The van der Waals surface area contributed by atoms with Crippen molar-refractivity contribution < 1.29 is 9.84 Å². The third-order valence-corrected chi connectivity index (χ3v) is 3.69. The van der Waals surface area contributed by atoms with E-state index in [9.17, 15) is 5.11 Å². The van der Waals surface area contributed by atoms with Gasteiger partial charge in [0.25, 0.3) is 0 Å². The molecule has 1 aliphatic heterocycles. The first kappa shape index (κ1) is 14.2. The lowest BCUT2D eigenvalue weighted by atomic mass is 10.2. The molecule has 1 aliphatic rings. The number of nitrogens with zero attached hydrogens (tertiary/aromatic N) is 4. The number of aliphatic hydroxyl groups excluding tert-OH is 1. The first-order valence-corrected chi connectivity index (χ1v) is 7.15. The normalized spacial score (nSPS) is 16.7. The number of methoxy groups -OCH3 is 1. The zero-order valence-electron chi connectivity index (χ0n) is 12.1. The molecule has 1 N–H and O–H groups in total. The van der Waals surface area contributed by atoms with Gasteiger partial charge in [0.1, 0.15) is 5.82 Å². The van der Waals surface area contributed by atoms with E-state index in [1.807, 2.05) is 30.3 Å². The average Bonchev–Trinajstić information content (AvgIpc) is 2.91. The Morgan fingerprint density at radius 2 is 2.05 bits per heavy atom. The molecular formula is C15H20N4O2. The number of hydrogen-bond acceptors (Lipinski definition) is 5. The van der Waals surface area contributed by atoms with Crippen LogP contribution in [0.1, 0.15) is 5.82 Å². The van der Waals surface area contributed by atoms with Crippen molar-refractivity contribution in [2.75, 3.05) is 26.8 Å². The molecule has 0 saturated heterocycles. The highest BCUT2D eigenvalue weighted by molar-refractivity contribution is 5.55. The Kier molecular flexibility index (Phi) is 4.28. The summed E-state index contributed by atoms with van der Waals surface area (Å²) in [4.78, 5) is 2.18. The van der Waals surface area contributed by atoms with Crippen molar-refractivity contribution in [1.29, 1.82) is 0 Å². The van der Waals surface area contributed by atoms with Gasteiger partial charge in [0.2, 0.25) is 0 Å². The first-order chi connectivity index (χ1) is 10.3. The van der Waals surface area contributed by atoms with E-state index in [0.717, 1.165) is 30.3 Å². The molecule has 2 heterocycles. The molecule has 1 atom stereocenters. The summed E-state index contributed by atoms with van der Waals surface area (Å²) >= 11 is 0.